The fourth-order valence-corrected chi connectivity index (χ4v) is 2.86. The van der Waals surface area contributed by atoms with Gasteiger partial charge in [0.2, 0.25) is 0 Å². The number of rotatable bonds is 2. The Bertz CT molecular complexity index is 964. The van der Waals surface area contributed by atoms with Gasteiger partial charge in [0.15, 0.2) is 5.11 Å². The lowest BCUT2D eigenvalue weighted by molar-refractivity contribution is 0.0425. The molecule has 0 saturated carbocycles. The summed E-state index contributed by atoms with van der Waals surface area (Å²) in [6.45, 7) is 0. The van der Waals surface area contributed by atoms with Gasteiger partial charge in [-0.3, -0.25) is 0 Å². The second-order valence-electron chi connectivity index (χ2n) is 5.45. The molecule has 0 unspecified atom stereocenters. The largest absolute Gasteiger partial charge is 0.386 e. The van der Waals surface area contributed by atoms with Crippen molar-refractivity contribution in [3.63, 3.8) is 0 Å². The quantitative estimate of drug-likeness (QED) is 0.468. The predicted octanol–water partition coefficient (Wildman–Crippen LogP) is 2.12. The molecule has 26 heavy (non-hydrogen) atoms. The number of hydrogen-bond donors (Lipinski definition) is 2. The molecule has 2 aliphatic heterocycles. The Hall–Kier alpha value is -3.59. The molecule has 2 aromatic carbocycles. The maximum absolute atomic E-state index is 11.6. The van der Waals surface area contributed by atoms with E-state index in [4.69, 9.17) is 12.2 Å². The number of esters is 4. The van der Waals surface area contributed by atoms with Gasteiger partial charge in [-0.1, -0.05) is 0 Å². The van der Waals surface area contributed by atoms with Gasteiger partial charge >= 0.3 is 23.9 Å². The Kier molecular flexibility index (Phi) is 3.51. The first-order chi connectivity index (χ1) is 12.4. The number of ether oxygens (including phenoxy) is 2. The van der Waals surface area contributed by atoms with Crippen molar-refractivity contribution in [3.8, 4) is 0 Å². The molecule has 2 N–H and O–H groups in total. The molecule has 0 aliphatic carbocycles. The number of nitrogens with one attached hydrogen (secondary N) is 2. The lowest BCUT2D eigenvalue weighted by Crippen LogP contribution is -2.19. The van der Waals surface area contributed by atoms with E-state index < -0.39 is 23.9 Å². The predicted molar refractivity (Wildman–Crippen MR) is 92.2 cm³/mol. The standard InChI is InChI=1S/C17H8N2O6S/c20-13-9-3-1-7(5-11(9)15(22)24-13)18-17(26)19-8-2-4-10-12(6-8)16(23)25-14(10)21/h1-6H,(H2,18,19,26). The summed E-state index contributed by atoms with van der Waals surface area (Å²) in [4.78, 5) is 46.0. The maximum Gasteiger partial charge on any atom is 0.346 e. The lowest BCUT2D eigenvalue weighted by Gasteiger charge is -2.11. The van der Waals surface area contributed by atoms with Crippen LogP contribution in [0.1, 0.15) is 41.4 Å². The third-order valence-corrected chi connectivity index (χ3v) is 4.01. The molecule has 0 radical (unpaired) electrons. The monoisotopic (exact) mass is 368 g/mol. The van der Waals surface area contributed by atoms with Gasteiger partial charge < -0.3 is 20.1 Å². The van der Waals surface area contributed by atoms with Crippen LogP contribution in [0.4, 0.5) is 11.4 Å². The Labute approximate surface area is 151 Å². The molecule has 2 aromatic rings. The zero-order valence-electron chi connectivity index (χ0n) is 12.8. The number of anilines is 2. The van der Waals surface area contributed by atoms with Crippen molar-refractivity contribution in [2.24, 2.45) is 0 Å². The number of cyclic esters (lactones) is 4. The zero-order valence-corrected chi connectivity index (χ0v) is 13.6. The highest BCUT2D eigenvalue weighted by Crippen LogP contribution is 2.25. The van der Waals surface area contributed by atoms with Crippen molar-refractivity contribution in [3.05, 3.63) is 58.7 Å². The van der Waals surface area contributed by atoms with E-state index in [1.165, 1.54) is 24.3 Å². The van der Waals surface area contributed by atoms with E-state index in [0.717, 1.165) is 0 Å². The second kappa shape index (κ2) is 5.74. The smallest absolute Gasteiger partial charge is 0.346 e. The maximum atomic E-state index is 11.6. The number of fused-ring (bicyclic) bond motifs is 2. The lowest BCUT2D eigenvalue weighted by atomic mass is 10.1. The SMILES string of the molecule is O=C1OC(=O)c2cc(NC(=S)Nc3ccc4c(c3)C(=O)OC4=O)ccc21. The van der Waals surface area contributed by atoms with Gasteiger partial charge in [-0.2, -0.15) is 0 Å². The molecule has 0 saturated heterocycles. The van der Waals surface area contributed by atoms with Gasteiger partial charge in [0.1, 0.15) is 0 Å². The molecule has 4 rings (SSSR count). The average Bonchev–Trinajstić information content (AvgIpc) is 3.03. The minimum atomic E-state index is -0.714. The molecule has 0 fully saturated rings. The first-order valence-corrected chi connectivity index (χ1v) is 7.72. The Morgan fingerprint density at radius 2 is 1.04 bits per heavy atom. The van der Waals surface area contributed by atoms with E-state index in [2.05, 4.69) is 20.1 Å². The molecular weight excluding hydrogens is 360 g/mol. The topological polar surface area (TPSA) is 111 Å². The van der Waals surface area contributed by atoms with Gasteiger partial charge in [0, 0.05) is 11.4 Å². The molecule has 0 amide bonds. The molecule has 0 spiro atoms. The van der Waals surface area contributed by atoms with E-state index in [0.29, 0.717) is 11.4 Å². The number of hydrogen-bond acceptors (Lipinski definition) is 7. The van der Waals surface area contributed by atoms with Crippen LogP contribution < -0.4 is 10.6 Å². The van der Waals surface area contributed by atoms with E-state index in [1.807, 2.05) is 0 Å². The summed E-state index contributed by atoms with van der Waals surface area (Å²) in [6.07, 6.45) is 0. The highest BCUT2D eigenvalue weighted by molar-refractivity contribution is 7.80. The summed E-state index contributed by atoms with van der Waals surface area (Å²) in [6, 6.07) is 8.98. The Morgan fingerprint density at radius 1 is 0.654 bits per heavy atom. The molecule has 9 heteroatoms. The first-order valence-electron chi connectivity index (χ1n) is 7.31. The summed E-state index contributed by atoms with van der Waals surface area (Å²) in [5.74, 6) is -2.79. The van der Waals surface area contributed by atoms with E-state index in [-0.39, 0.29) is 27.4 Å². The van der Waals surface area contributed by atoms with E-state index in [1.54, 1.807) is 12.1 Å². The van der Waals surface area contributed by atoms with Crippen LogP contribution in [0.25, 0.3) is 0 Å². The van der Waals surface area contributed by atoms with Crippen LogP contribution in [0.5, 0.6) is 0 Å². The van der Waals surface area contributed by atoms with E-state index >= 15 is 0 Å². The average molecular weight is 368 g/mol. The van der Waals surface area contributed by atoms with Crippen LogP contribution >= 0.6 is 12.2 Å². The first kappa shape index (κ1) is 15.9. The van der Waals surface area contributed by atoms with Gasteiger partial charge in [-0.05, 0) is 48.6 Å². The molecule has 0 bridgehead atoms. The van der Waals surface area contributed by atoms with Gasteiger partial charge in [-0.25, -0.2) is 19.2 Å². The van der Waals surface area contributed by atoms with Gasteiger partial charge in [-0.15, -0.1) is 0 Å². The van der Waals surface area contributed by atoms with Crippen molar-refractivity contribution < 1.29 is 28.7 Å². The van der Waals surface area contributed by atoms with Crippen molar-refractivity contribution in [1.82, 2.24) is 0 Å². The molecule has 0 atom stereocenters. The highest BCUT2D eigenvalue weighted by atomic mass is 32.1. The molecule has 8 nitrogen and oxygen atoms in total. The minimum Gasteiger partial charge on any atom is -0.386 e. The number of carbonyl (C=O) groups is 4. The van der Waals surface area contributed by atoms with Crippen LogP contribution in [0.3, 0.4) is 0 Å². The fraction of sp³-hybridized carbons (Fsp3) is 0. The van der Waals surface area contributed by atoms with Crippen LogP contribution in [-0.2, 0) is 9.47 Å². The van der Waals surface area contributed by atoms with Crippen LogP contribution in [-0.4, -0.2) is 29.0 Å². The summed E-state index contributed by atoms with van der Waals surface area (Å²) in [7, 11) is 0. The highest BCUT2D eigenvalue weighted by Gasteiger charge is 2.30. The normalized spacial score (nSPS) is 14.5. The third kappa shape index (κ3) is 2.60. The zero-order chi connectivity index (χ0) is 18.4. The molecular formula is C17H8N2O6S. The van der Waals surface area contributed by atoms with Gasteiger partial charge in [0.25, 0.3) is 0 Å². The number of carbonyl (C=O) groups excluding carboxylic acids is 4. The van der Waals surface area contributed by atoms with E-state index in [9.17, 15) is 19.2 Å². The molecule has 128 valence electrons. The number of benzene rings is 2. The molecule has 2 aliphatic rings. The van der Waals surface area contributed by atoms with Crippen molar-refractivity contribution in [2.45, 2.75) is 0 Å². The van der Waals surface area contributed by atoms with Crippen molar-refractivity contribution in [2.75, 3.05) is 10.6 Å². The minimum absolute atomic E-state index is 0.154. The van der Waals surface area contributed by atoms with Crippen LogP contribution in [0.15, 0.2) is 36.4 Å². The van der Waals surface area contributed by atoms with Crippen molar-refractivity contribution >= 4 is 52.6 Å². The Morgan fingerprint density at radius 3 is 1.46 bits per heavy atom. The summed E-state index contributed by atoms with van der Waals surface area (Å²) < 4.78 is 9.05. The van der Waals surface area contributed by atoms with Gasteiger partial charge in [0.05, 0.1) is 22.3 Å². The van der Waals surface area contributed by atoms with Crippen LogP contribution in [0, 0.1) is 0 Å². The summed E-state index contributed by atoms with van der Waals surface area (Å²) in [5.41, 5.74) is 1.65. The number of thiocarbonyl (C=S) groups is 1. The third-order valence-electron chi connectivity index (χ3n) is 3.81. The molecule has 0 aromatic heterocycles. The summed E-state index contributed by atoms with van der Waals surface area (Å²) in [5, 5.41) is 5.90. The fourth-order valence-electron chi connectivity index (χ4n) is 2.62. The summed E-state index contributed by atoms with van der Waals surface area (Å²) >= 11 is 5.19. The van der Waals surface area contributed by atoms with Crippen molar-refractivity contribution in [1.29, 1.82) is 0 Å². The Balaban J connectivity index is 1.50. The second-order valence-corrected chi connectivity index (χ2v) is 5.86. The van der Waals surface area contributed by atoms with Crippen LogP contribution in [0.2, 0.25) is 0 Å². The molecule has 2 heterocycles.